The standard InChI is InChI=1S/C58H44N2S/c1-2-3-11-40-20-22-41(23-21-40)42-24-32-46(33-25-42)59(48-38-30-45(31-39-48)50-15-10-16-54-53-14-6-9-19-57(53)61-58(50)54)47-34-26-43(27-35-47)44-28-36-49(37-29-44)60-55-17-7-4-12-51(55)52-13-5-8-18-56(52)60/h4-10,12-39H,2-3,11H2,1H3. The molecule has 0 bridgehead atoms. The molecule has 0 atom stereocenters. The molecule has 0 radical (unpaired) electrons. The van der Waals surface area contributed by atoms with Gasteiger partial charge in [-0.25, -0.2) is 0 Å². The fourth-order valence-corrected chi connectivity index (χ4v) is 10.3. The van der Waals surface area contributed by atoms with Gasteiger partial charge in [0.15, 0.2) is 0 Å². The third-order valence-corrected chi connectivity index (χ3v) is 13.5. The third-order valence-electron chi connectivity index (χ3n) is 12.2. The topological polar surface area (TPSA) is 8.17 Å². The Balaban J connectivity index is 0.933. The van der Waals surface area contributed by atoms with Crippen molar-refractivity contribution >= 4 is 70.4 Å². The van der Waals surface area contributed by atoms with Crippen molar-refractivity contribution in [3.05, 3.63) is 218 Å². The molecule has 2 nitrogen and oxygen atoms in total. The number of fused-ring (bicyclic) bond motifs is 6. The number of para-hydroxylation sites is 2. The van der Waals surface area contributed by atoms with E-state index < -0.39 is 0 Å². The molecule has 0 spiro atoms. The number of aromatic nitrogens is 1. The fourth-order valence-electron chi connectivity index (χ4n) is 9.07. The minimum Gasteiger partial charge on any atom is -0.311 e. The van der Waals surface area contributed by atoms with E-state index in [1.165, 1.54) is 93.8 Å². The van der Waals surface area contributed by atoms with Gasteiger partial charge in [-0.3, -0.25) is 0 Å². The molecule has 0 unspecified atom stereocenters. The number of rotatable bonds is 10. The van der Waals surface area contributed by atoms with Crippen molar-refractivity contribution in [2.45, 2.75) is 26.2 Å². The van der Waals surface area contributed by atoms with Crippen LogP contribution in [0, 0.1) is 0 Å². The Bertz CT molecular complexity index is 3250. The number of hydrogen-bond acceptors (Lipinski definition) is 2. The van der Waals surface area contributed by atoms with Gasteiger partial charge in [0.1, 0.15) is 0 Å². The fraction of sp³-hybridized carbons (Fsp3) is 0.0690. The van der Waals surface area contributed by atoms with Crippen molar-refractivity contribution in [3.8, 4) is 39.1 Å². The molecule has 0 fully saturated rings. The normalized spacial score (nSPS) is 11.6. The molecule has 11 rings (SSSR count). The number of unbranched alkanes of at least 4 members (excludes halogenated alkanes) is 1. The van der Waals surface area contributed by atoms with Gasteiger partial charge in [-0.05, 0) is 119 Å². The number of thiophene rings is 1. The lowest BCUT2D eigenvalue weighted by molar-refractivity contribution is 0.795. The number of aryl methyl sites for hydroxylation is 1. The molecule has 9 aromatic carbocycles. The molecule has 2 aromatic heterocycles. The van der Waals surface area contributed by atoms with Gasteiger partial charge in [0, 0.05) is 53.7 Å². The summed E-state index contributed by atoms with van der Waals surface area (Å²) < 4.78 is 5.03. The molecular weight excluding hydrogens is 757 g/mol. The minimum absolute atomic E-state index is 1.11. The zero-order valence-electron chi connectivity index (χ0n) is 34.1. The van der Waals surface area contributed by atoms with Gasteiger partial charge in [0.25, 0.3) is 0 Å². The predicted molar refractivity (Wildman–Crippen MR) is 263 cm³/mol. The number of nitrogens with zero attached hydrogens (tertiary/aromatic N) is 2. The van der Waals surface area contributed by atoms with Crippen LogP contribution in [0.5, 0.6) is 0 Å². The summed E-state index contributed by atoms with van der Waals surface area (Å²) in [6.07, 6.45) is 3.57. The number of benzene rings is 9. The summed E-state index contributed by atoms with van der Waals surface area (Å²) in [6.45, 7) is 2.25. The van der Waals surface area contributed by atoms with Crippen LogP contribution in [0.25, 0.3) is 81.0 Å². The molecule has 292 valence electrons. The van der Waals surface area contributed by atoms with E-state index in [9.17, 15) is 0 Å². The van der Waals surface area contributed by atoms with Gasteiger partial charge in [0.2, 0.25) is 0 Å². The molecule has 2 heterocycles. The van der Waals surface area contributed by atoms with Gasteiger partial charge in [-0.1, -0.05) is 159 Å². The van der Waals surface area contributed by atoms with Crippen LogP contribution in [0.15, 0.2) is 212 Å². The second-order valence-corrected chi connectivity index (χ2v) is 17.0. The van der Waals surface area contributed by atoms with Gasteiger partial charge in [0.05, 0.1) is 11.0 Å². The van der Waals surface area contributed by atoms with Crippen LogP contribution in [-0.4, -0.2) is 4.57 Å². The molecule has 0 aliphatic rings. The highest BCUT2D eigenvalue weighted by Gasteiger charge is 2.16. The Morgan fingerprint density at radius 1 is 0.410 bits per heavy atom. The van der Waals surface area contributed by atoms with E-state index in [-0.39, 0.29) is 0 Å². The second kappa shape index (κ2) is 15.8. The lowest BCUT2D eigenvalue weighted by Crippen LogP contribution is -2.09. The van der Waals surface area contributed by atoms with E-state index in [2.05, 4.69) is 229 Å². The summed E-state index contributed by atoms with van der Waals surface area (Å²) in [5.41, 5.74) is 15.7. The highest BCUT2D eigenvalue weighted by Crippen LogP contribution is 2.42. The van der Waals surface area contributed by atoms with E-state index in [0.717, 1.165) is 29.2 Å². The quantitative estimate of drug-likeness (QED) is 0.134. The van der Waals surface area contributed by atoms with Gasteiger partial charge < -0.3 is 9.47 Å². The van der Waals surface area contributed by atoms with Crippen molar-refractivity contribution in [3.63, 3.8) is 0 Å². The maximum Gasteiger partial charge on any atom is 0.0541 e. The first-order valence-corrected chi connectivity index (χ1v) is 22.2. The molecule has 0 amide bonds. The Labute approximate surface area is 361 Å². The average Bonchev–Trinajstić information content (AvgIpc) is 3.88. The summed E-state index contributed by atoms with van der Waals surface area (Å²) in [7, 11) is 0. The SMILES string of the molecule is CCCCc1ccc(-c2ccc(N(c3ccc(-c4ccc(-n5c6ccccc6c6ccccc65)cc4)cc3)c3ccc(-c4cccc5c4sc4ccccc45)cc3)cc2)cc1. The van der Waals surface area contributed by atoms with Crippen LogP contribution in [0.3, 0.4) is 0 Å². The summed E-state index contributed by atoms with van der Waals surface area (Å²) >= 11 is 1.88. The first kappa shape index (κ1) is 36.8. The number of hydrogen-bond donors (Lipinski definition) is 0. The minimum atomic E-state index is 1.11. The molecule has 0 N–H and O–H groups in total. The maximum absolute atomic E-state index is 2.37. The van der Waals surface area contributed by atoms with Crippen molar-refractivity contribution < 1.29 is 0 Å². The zero-order chi connectivity index (χ0) is 40.7. The van der Waals surface area contributed by atoms with E-state index in [1.54, 1.807) is 0 Å². The van der Waals surface area contributed by atoms with E-state index in [1.807, 2.05) is 11.3 Å². The summed E-state index contributed by atoms with van der Waals surface area (Å²) in [4.78, 5) is 2.37. The molecule has 0 aliphatic heterocycles. The highest BCUT2D eigenvalue weighted by molar-refractivity contribution is 7.26. The monoisotopic (exact) mass is 800 g/mol. The Morgan fingerprint density at radius 2 is 0.869 bits per heavy atom. The highest BCUT2D eigenvalue weighted by atomic mass is 32.1. The van der Waals surface area contributed by atoms with Crippen molar-refractivity contribution in [1.82, 2.24) is 4.57 Å². The molecular formula is C58H44N2S. The Kier molecular flexibility index (Phi) is 9.52. The third kappa shape index (κ3) is 6.78. The van der Waals surface area contributed by atoms with Crippen LogP contribution in [0.2, 0.25) is 0 Å². The molecule has 0 saturated carbocycles. The first-order valence-electron chi connectivity index (χ1n) is 21.4. The Hall–Kier alpha value is -7.20. The van der Waals surface area contributed by atoms with Gasteiger partial charge >= 0.3 is 0 Å². The van der Waals surface area contributed by atoms with Crippen LogP contribution in [0.1, 0.15) is 25.3 Å². The molecule has 3 heteroatoms. The zero-order valence-corrected chi connectivity index (χ0v) is 34.9. The van der Waals surface area contributed by atoms with Crippen LogP contribution >= 0.6 is 11.3 Å². The average molecular weight is 801 g/mol. The smallest absolute Gasteiger partial charge is 0.0541 e. The summed E-state index contributed by atoms with van der Waals surface area (Å²) in [6, 6.07) is 78.0. The van der Waals surface area contributed by atoms with Crippen LogP contribution in [0.4, 0.5) is 17.1 Å². The van der Waals surface area contributed by atoms with Crippen molar-refractivity contribution in [1.29, 1.82) is 0 Å². The summed E-state index contributed by atoms with van der Waals surface area (Å²) in [5.74, 6) is 0. The lowest BCUT2D eigenvalue weighted by Gasteiger charge is -2.26. The molecule has 11 aromatic rings. The second-order valence-electron chi connectivity index (χ2n) is 16.0. The summed E-state index contributed by atoms with van der Waals surface area (Å²) in [5, 5.41) is 5.19. The largest absolute Gasteiger partial charge is 0.311 e. The maximum atomic E-state index is 2.37. The van der Waals surface area contributed by atoms with Gasteiger partial charge in [-0.15, -0.1) is 11.3 Å². The lowest BCUT2D eigenvalue weighted by atomic mass is 10.0. The van der Waals surface area contributed by atoms with E-state index >= 15 is 0 Å². The number of anilines is 3. The Morgan fingerprint density at radius 3 is 1.43 bits per heavy atom. The van der Waals surface area contributed by atoms with E-state index in [0.29, 0.717) is 0 Å². The van der Waals surface area contributed by atoms with Crippen LogP contribution in [-0.2, 0) is 6.42 Å². The van der Waals surface area contributed by atoms with Crippen LogP contribution < -0.4 is 4.90 Å². The molecule has 61 heavy (non-hydrogen) atoms. The van der Waals surface area contributed by atoms with Crippen molar-refractivity contribution in [2.75, 3.05) is 4.90 Å². The molecule has 0 aliphatic carbocycles. The van der Waals surface area contributed by atoms with Gasteiger partial charge in [-0.2, -0.15) is 0 Å². The van der Waals surface area contributed by atoms with Crippen molar-refractivity contribution in [2.24, 2.45) is 0 Å². The van der Waals surface area contributed by atoms with E-state index in [4.69, 9.17) is 0 Å². The first-order chi connectivity index (χ1) is 30.2. The predicted octanol–water partition coefficient (Wildman–Crippen LogP) is 17.0. The molecule has 0 saturated heterocycles.